The van der Waals surface area contributed by atoms with Crippen LogP contribution in [0.1, 0.15) is 6.92 Å². The molecular weight excluding hydrogens is 206 g/mol. The maximum atomic E-state index is 11.3. The Morgan fingerprint density at radius 2 is 1.86 bits per heavy atom. The Balaban J connectivity index is 2.82. The molecule has 5 nitrogen and oxygen atoms in total. The van der Waals surface area contributed by atoms with Crippen LogP contribution in [-0.2, 0) is 19.7 Å². The Hall–Kier alpha value is -1.40. The Bertz CT molecular complexity index is 412. The molecule has 0 aliphatic carbocycles. The van der Waals surface area contributed by atoms with Gasteiger partial charge in [-0.3, -0.25) is 4.79 Å². The molecule has 1 aromatic carbocycles. The summed E-state index contributed by atoms with van der Waals surface area (Å²) in [5.41, 5.74) is 0. The summed E-state index contributed by atoms with van der Waals surface area (Å²) in [5.74, 6) is -0.718. The number of hydrogen-bond donors (Lipinski definition) is 1. The number of hydrogen-bond acceptors (Lipinski definition) is 4. The lowest BCUT2D eigenvalue weighted by Gasteiger charge is -2.04. The Kier molecular flexibility index (Phi) is 3.21. The van der Waals surface area contributed by atoms with E-state index < -0.39 is 16.0 Å². The minimum Gasteiger partial charge on any atom is -0.356 e. The van der Waals surface area contributed by atoms with Crippen LogP contribution in [0.2, 0.25) is 0 Å². The molecule has 0 unspecified atom stereocenters. The summed E-state index contributed by atoms with van der Waals surface area (Å²) in [5, 5.41) is 0. The number of nitrogens with one attached hydrogen (secondary N) is 1. The predicted octanol–water partition coefficient (Wildman–Crippen LogP) is 0.443. The van der Waals surface area contributed by atoms with Crippen LogP contribution in [0.4, 0.5) is 0 Å². The molecule has 1 rings (SSSR count). The maximum Gasteiger partial charge on any atom is 0.323 e. The van der Waals surface area contributed by atoms with E-state index in [9.17, 15) is 13.2 Å². The maximum absolute atomic E-state index is 11.3. The second-order valence-corrected chi connectivity index (χ2v) is 4.14. The van der Waals surface area contributed by atoms with Gasteiger partial charge in [-0.2, -0.15) is 0 Å². The van der Waals surface area contributed by atoms with Gasteiger partial charge in [0.15, 0.2) is 0 Å². The van der Waals surface area contributed by atoms with E-state index in [0.29, 0.717) is 0 Å². The van der Waals surface area contributed by atoms with Crippen LogP contribution in [-0.4, -0.2) is 14.4 Å². The molecule has 0 amide bonds. The molecule has 1 aromatic rings. The smallest absolute Gasteiger partial charge is 0.323 e. The van der Waals surface area contributed by atoms with Gasteiger partial charge in [0, 0.05) is 6.92 Å². The fourth-order valence-corrected chi connectivity index (χ4v) is 1.60. The lowest BCUT2D eigenvalue weighted by Crippen LogP contribution is -2.26. The quantitative estimate of drug-likeness (QED) is 0.743. The van der Waals surface area contributed by atoms with Crippen molar-refractivity contribution in [2.24, 2.45) is 0 Å². The molecule has 0 aliphatic heterocycles. The fraction of sp³-hybridized carbons (Fsp3) is 0.125. The van der Waals surface area contributed by atoms with E-state index in [2.05, 4.69) is 4.84 Å². The average molecular weight is 215 g/mol. The summed E-state index contributed by atoms with van der Waals surface area (Å²) in [6.07, 6.45) is 0. The molecule has 1 N–H and O–H groups in total. The number of carbonyl (C=O) groups is 1. The van der Waals surface area contributed by atoms with Gasteiger partial charge < -0.3 is 4.84 Å². The van der Waals surface area contributed by atoms with Crippen LogP contribution in [0, 0.1) is 0 Å². The van der Waals surface area contributed by atoms with Crippen LogP contribution in [0.3, 0.4) is 0 Å². The molecule has 0 fully saturated rings. The second-order valence-electron chi connectivity index (χ2n) is 2.49. The Morgan fingerprint density at radius 3 is 2.36 bits per heavy atom. The molecule has 14 heavy (non-hydrogen) atoms. The molecule has 0 radical (unpaired) electrons. The van der Waals surface area contributed by atoms with Crippen LogP contribution < -0.4 is 4.89 Å². The molecule has 0 atom stereocenters. The first-order valence-corrected chi connectivity index (χ1v) is 5.25. The minimum atomic E-state index is -3.75. The first-order chi connectivity index (χ1) is 6.52. The molecule has 0 saturated heterocycles. The lowest BCUT2D eigenvalue weighted by molar-refractivity contribution is -0.144. The summed E-state index contributed by atoms with van der Waals surface area (Å²) in [7, 11) is -3.75. The summed E-state index contributed by atoms with van der Waals surface area (Å²) in [4.78, 5) is 16.3. The molecule has 0 spiro atoms. The normalized spacial score (nSPS) is 10.9. The van der Waals surface area contributed by atoms with Gasteiger partial charge in [-0.15, -0.1) is 0 Å². The fourth-order valence-electron chi connectivity index (χ4n) is 0.761. The molecule has 76 valence electrons. The van der Waals surface area contributed by atoms with Gasteiger partial charge in [0.2, 0.25) is 0 Å². The zero-order valence-electron chi connectivity index (χ0n) is 7.43. The van der Waals surface area contributed by atoms with Gasteiger partial charge in [0.1, 0.15) is 0 Å². The van der Waals surface area contributed by atoms with Gasteiger partial charge in [-0.1, -0.05) is 18.2 Å². The Labute approximate surface area is 81.7 Å². The SMILES string of the molecule is CC(=O)ONS(=O)(=O)c1ccccc1. The first kappa shape index (κ1) is 10.7. The zero-order chi connectivity index (χ0) is 10.6. The zero-order valence-corrected chi connectivity index (χ0v) is 8.24. The molecular formula is C8H9NO4S. The third-order valence-corrected chi connectivity index (χ3v) is 2.54. The van der Waals surface area contributed by atoms with Crippen LogP contribution in [0.15, 0.2) is 35.2 Å². The van der Waals surface area contributed by atoms with Crippen molar-refractivity contribution in [2.75, 3.05) is 0 Å². The van der Waals surface area contributed by atoms with Crippen LogP contribution >= 0.6 is 0 Å². The van der Waals surface area contributed by atoms with Gasteiger partial charge >= 0.3 is 5.97 Å². The van der Waals surface area contributed by atoms with Crippen molar-refractivity contribution in [3.63, 3.8) is 0 Å². The van der Waals surface area contributed by atoms with Crippen molar-refractivity contribution >= 4 is 16.0 Å². The highest BCUT2D eigenvalue weighted by Crippen LogP contribution is 2.06. The van der Waals surface area contributed by atoms with E-state index >= 15 is 0 Å². The highest BCUT2D eigenvalue weighted by atomic mass is 32.2. The third-order valence-electron chi connectivity index (χ3n) is 1.35. The van der Waals surface area contributed by atoms with Crippen LogP contribution in [0.5, 0.6) is 0 Å². The monoisotopic (exact) mass is 215 g/mol. The van der Waals surface area contributed by atoms with Crippen molar-refractivity contribution < 1.29 is 18.0 Å². The highest BCUT2D eigenvalue weighted by molar-refractivity contribution is 7.89. The average Bonchev–Trinajstić information content (AvgIpc) is 2.16. The second kappa shape index (κ2) is 4.21. The Morgan fingerprint density at radius 1 is 1.29 bits per heavy atom. The van der Waals surface area contributed by atoms with Crippen LogP contribution in [0.25, 0.3) is 0 Å². The van der Waals surface area contributed by atoms with Gasteiger partial charge in [-0.05, 0) is 17.0 Å². The van der Waals surface area contributed by atoms with Crippen molar-refractivity contribution in [3.05, 3.63) is 30.3 Å². The van der Waals surface area contributed by atoms with E-state index in [-0.39, 0.29) is 4.90 Å². The van der Waals surface area contributed by atoms with Gasteiger partial charge in [0.05, 0.1) is 4.90 Å². The van der Waals surface area contributed by atoms with E-state index in [1.165, 1.54) is 12.1 Å². The predicted molar refractivity (Wildman–Crippen MR) is 48.5 cm³/mol. The first-order valence-electron chi connectivity index (χ1n) is 3.76. The molecule has 6 heteroatoms. The number of carbonyl (C=O) groups excluding carboxylic acids is 1. The topological polar surface area (TPSA) is 72.5 Å². The van der Waals surface area contributed by atoms with Crippen molar-refractivity contribution in [1.82, 2.24) is 4.89 Å². The summed E-state index contributed by atoms with van der Waals surface area (Å²) in [6.45, 7) is 1.10. The summed E-state index contributed by atoms with van der Waals surface area (Å²) < 4.78 is 22.7. The molecule has 0 bridgehead atoms. The standard InChI is InChI=1S/C8H9NO4S/c1-7(10)13-9-14(11,12)8-5-3-2-4-6-8/h2-6,9H,1H3. The molecule has 0 heterocycles. The van der Waals surface area contributed by atoms with Crippen molar-refractivity contribution in [1.29, 1.82) is 0 Å². The molecule has 0 aliphatic rings. The number of rotatable bonds is 3. The largest absolute Gasteiger partial charge is 0.356 e. The number of benzene rings is 1. The van der Waals surface area contributed by atoms with E-state index in [1.54, 1.807) is 23.1 Å². The van der Waals surface area contributed by atoms with E-state index in [1.807, 2.05) is 0 Å². The minimum absolute atomic E-state index is 0.0428. The molecule has 0 aromatic heterocycles. The van der Waals surface area contributed by atoms with E-state index in [4.69, 9.17) is 0 Å². The van der Waals surface area contributed by atoms with E-state index in [0.717, 1.165) is 6.92 Å². The molecule has 0 saturated carbocycles. The summed E-state index contributed by atoms with van der Waals surface area (Å²) in [6, 6.07) is 7.62. The van der Waals surface area contributed by atoms with Gasteiger partial charge in [-0.25, -0.2) is 8.42 Å². The lowest BCUT2D eigenvalue weighted by atomic mass is 10.4. The summed E-state index contributed by atoms with van der Waals surface area (Å²) >= 11 is 0. The highest BCUT2D eigenvalue weighted by Gasteiger charge is 2.14. The number of sulfonamides is 1. The van der Waals surface area contributed by atoms with Gasteiger partial charge in [0.25, 0.3) is 10.0 Å². The van der Waals surface area contributed by atoms with Crippen molar-refractivity contribution in [2.45, 2.75) is 11.8 Å². The third kappa shape index (κ3) is 2.82. The van der Waals surface area contributed by atoms with Crippen molar-refractivity contribution in [3.8, 4) is 0 Å².